The molecule has 0 aliphatic carbocycles. The average Bonchev–Trinajstić information content (AvgIpc) is 2.02. The number of hydrogen-bond acceptors (Lipinski definition) is 4. The summed E-state index contributed by atoms with van der Waals surface area (Å²) in [6, 6.07) is 0. The minimum absolute atomic E-state index is 0.0505. The topological polar surface area (TPSA) is 93.1 Å². The number of hydrogen-bond donors (Lipinski definition) is 2. The highest BCUT2D eigenvalue weighted by Gasteiger charge is 2.17. The van der Waals surface area contributed by atoms with Gasteiger partial charge in [0.25, 0.3) is 0 Å². The van der Waals surface area contributed by atoms with Gasteiger partial charge in [-0.05, 0) is 0 Å². The van der Waals surface area contributed by atoms with E-state index in [2.05, 4.69) is 16.4 Å². The summed E-state index contributed by atoms with van der Waals surface area (Å²) in [5.74, 6) is -2.46. The van der Waals surface area contributed by atoms with Crippen LogP contribution >= 0.6 is 0 Å². The Balaban J connectivity index is 3.75. The van der Waals surface area contributed by atoms with Crippen LogP contribution in [0.5, 0.6) is 0 Å². The SMILES string of the molecule is C=CCC(OOCC(=O)O)C(=O)O. The number of carboxylic acids is 2. The van der Waals surface area contributed by atoms with Gasteiger partial charge in [-0.1, -0.05) is 6.08 Å². The molecule has 0 rings (SSSR count). The van der Waals surface area contributed by atoms with Crippen LogP contribution in [0.15, 0.2) is 12.7 Å². The fraction of sp³-hybridized carbons (Fsp3) is 0.429. The molecule has 1 atom stereocenters. The number of carboxylic acid groups (broad SMARTS) is 2. The van der Waals surface area contributed by atoms with Crippen LogP contribution in [0.2, 0.25) is 0 Å². The van der Waals surface area contributed by atoms with Crippen molar-refractivity contribution in [3.63, 3.8) is 0 Å². The molecule has 0 heterocycles. The van der Waals surface area contributed by atoms with Gasteiger partial charge in [0.2, 0.25) is 0 Å². The van der Waals surface area contributed by atoms with Crippen molar-refractivity contribution >= 4 is 11.9 Å². The lowest BCUT2D eigenvalue weighted by Gasteiger charge is -2.08. The molecule has 0 aromatic carbocycles. The van der Waals surface area contributed by atoms with E-state index in [1.165, 1.54) is 6.08 Å². The van der Waals surface area contributed by atoms with E-state index in [-0.39, 0.29) is 6.42 Å². The lowest BCUT2D eigenvalue weighted by Crippen LogP contribution is -2.24. The molecule has 1 unspecified atom stereocenters. The lowest BCUT2D eigenvalue weighted by atomic mass is 10.2. The molecule has 2 N–H and O–H groups in total. The molecule has 6 heteroatoms. The maximum Gasteiger partial charge on any atom is 0.336 e. The first-order valence-electron chi connectivity index (χ1n) is 3.41. The quantitative estimate of drug-likeness (QED) is 0.334. The summed E-state index contributed by atoms with van der Waals surface area (Å²) >= 11 is 0. The van der Waals surface area contributed by atoms with Crippen molar-refractivity contribution in [3.05, 3.63) is 12.7 Å². The third-order valence-electron chi connectivity index (χ3n) is 1.02. The van der Waals surface area contributed by atoms with E-state index in [1.54, 1.807) is 0 Å². The van der Waals surface area contributed by atoms with E-state index >= 15 is 0 Å². The van der Waals surface area contributed by atoms with Crippen molar-refractivity contribution in [1.29, 1.82) is 0 Å². The molecule has 0 aliphatic heterocycles. The van der Waals surface area contributed by atoms with Gasteiger partial charge in [0, 0.05) is 6.42 Å². The van der Waals surface area contributed by atoms with E-state index in [1.807, 2.05) is 0 Å². The van der Waals surface area contributed by atoms with E-state index in [0.717, 1.165) is 0 Å². The molecule has 0 aromatic heterocycles. The van der Waals surface area contributed by atoms with Crippen LogP contribution in [-0.4, -0.2) is 34.9 Å². The zero-order valence-corrected chi connectivity index (χ0v) is 6.80. The summed E-state index contributed by atoms with van der Waals surface area (Å²) in [7, 11) is 0. The van der Waals surface area contributed by atoms with Gasteiger partial charge in [-0.25, -0.2) is 19.4 Å². The highest BCUT2D eigenvalue weighted by Crippen LogP contribution is 2.00. The van der Waals surface area contributed by atoms with E-state index in [9.17, 15) is 9.59 Å². The molecular weight excluding hydrogens is 180 g/mol. The minimum atomic E-state index is -1.23. The molecular formula is C7H10O6. The molecule has 0 radical (unpaired) electrons. The molecule has 0 bridgehead atoms. The molecule has 0 amide bonds. The van der Waals surface area contributed by atoms with Crippen LogP contribution in [0, 0.1) is 0 Å². The second-order valence-corrected chi connectivity index (χ2v) is 2.10. The Bertz CT molecular complexity index is 199. The molecule has 0 fully saturated rings. The average molecular weight is 190 g/mol. The van der Waals surface area contributed by atoms with Crippen molar-refractivity contribution in [2.75, 3.05) is 6.61 Å². The third-order valence-corrected chi connectivity index (χ3v) is 1.02. The summed E-state index contributed by atoms with van der Waals surface area (Å²) < 4.78 is 0. The fourth-order valence-corrected chi connectivity index (χ4v) is 0.499. The second kappa shape index (κ2) is 6.15. The largest absolute Gasteiger partial charge is 0.479 e. The highest BCUT2D eigenvalue weighted by atomic mass is 17.2. The van der Waals surface area contributed by atoms with Crippen LogP contribution in [0.3, 0.4) is 0 Å². The molecule has 0 spiro atoms. The summed E-state index contributed by atoms with van der Waals surface area (Å²) in [4.78, 5) is 28.7. The Labute approximate surface area is 74.3 Å². The Morgan fingerprint density at radius 1 is 1.46 bits per heavy atom. The van der Waals surface area contributed by atoms with Crippen molar-refractivity contribution < 1.29 is 29.6 Å². The van der Waals surface area contributed by atoms with Gasteiger partial charge in [-0.2, -0.15) is 0 Å². The first kappa shape index (κ1) is 11.6. The number of carbonyl (C=O) groups is 2. The van der Waals surface area contributed by atoms with Crippen molar-refractivity contribution in [2.45, 2.75) is 12.5 Å². The van der Waals surface area contributed by atoms with Crippen molar-refractivity contribution in [2.24, 2.45) is 0 Å². The van der Waals surface area contributed by atoms with Crippen LogP contribution < -0.4 is 0 Å². The first-order valence-corrected chi connectivity index (χ1v) is 3.41. The van der Waals surface area contributed by atoms with E-state index < -0.39 is 24.6 Å². The standard InChI is InChI=1S/C7H10O6/c1-2-3-5(7(10)11)13-12-4-6(8)9/h2,5H,1,3-4H2,(H,8,9)(H,10,11). The Kier molecular flexibility index (Phi) is 5.49. The normalized spacial score (nSPS) is 12.0. The van der Waals surface area contributed by atoms with Gasteiger partial charge in [0.05, 0.1) is 0 Å². The zero-order valence-electron chi connectivity index (χ0n) is 6.80. The van der Waals surface area contributed by atoms with Crippen LogP contribution in [0.1, 0.15) is 6.42 Å². The van der Waals surface area contributed by atoms with Crippen molar-refractivity contribution in [1.82, 2.24) is 0 Å². The van der Waals surface area contributed by atoms with Gasteiger partial charge in [-0.3, -0.25) is 0 Å². The number of aliphatic carboxylic acids is 2. The van der Waals surface area contributed by atoms with Gasteiger partial charge < -0.3 is 10.2 Å². The molecule has 0 aromatic rings. The summed E-state index contributed by atoms with van der Waals surface area (Å²) in [6.45, 7) is 2.62. The van der Waals surface area contributed by atoms with E-state index in [0.29, 0.717) is 0 Å². The highest BCUT2D eigenvalue weighted by molar-refractivity contribution is 5.72. The minimum Gasteiger partial charge on any atom is -0.479 e. The molecule has 0 aliphatic rings. The molecule has 6 nitrogen and oxygen atoms in total. The lowest BCUT2D eigenvalue weighted by molar-refractivity contribution is -0.316. The smallest absolute Gasteiger partial charge is 0.336 e. The predicted octanol–water partition coefficient (Wildman–Crippen LogP) is 0.0485. The van der Waals surface area contributed by atoms with Crippen LogP contribution in [0.25, 0.3) is 0 Å². The van der Waals surface area contributed by atoms with Crippen LogP contribution in [-0.2, 0) is 19.4 Å². The Hall–Kier alpha value is -1.40. The van der Waals surface area contributed by atoms with Gasteiger partial charge in [0.15, 0.2) is 12.7 Å². The Morgan fingerprint density at radius 3 is 2.46 bits per heavy atom. The first-order chi connectivity index (χ1) is 6.07. The van der Waals surface area contributed by atoms with E-state index in [4.69, 9.17) is 10.2 Å². The summed E-state index contributed by atoms with van der Waals surface area (Å²) in [5.41, 5.74) is 0. The second-order valence-electron chi connectivity index (χ2n) is 2.10. The van der Waals surface area contributed by atoms with Gasteiger partial charge in [0.1, 0.15) is 0 Å². The van der Waals surface area contributed by atoms with Gasteiger partial charge >= 0.3 is 11.9 Å². The fourth-order valence-electron chi connectivity index (χ4n) is 0.499. The van der Waals surface area contributed by atoms with Crippen molar-refractivity contribution in [3.8, 4) is 0 Å². The third kappa shape index (κ3) is 5.83. The predicted molar refractivity (Wildman–Crippen MR) is 40.9 cm³/mol. The summed E-state index contributed by atoms with van der Waals surface area (Å²) in [6.07, 6.45) is 0.176. The zero-order chi connectivity index (χ0) is 10.3. The summed E-state index contributed by atoms with van der Waals surface area (Å²) in [5, 5.41) is 16.6. The molecule has 0 saturated carbocycles. The molecule has 74 valence electrons. The van der Waals surface area contributed by atoms with Gasteiger partial charge in [-0.15, -0.1) is 6.58 Å². The van der Waals surface area contributed by atoms with Crippen LogP contribution in [0.4, 0.5) is 0 Å². The molecule has 13 heavy (non-hydrogen) atoms. The maximum absolute atomic E-state index is 10.4. The molecule has 0 saturated heterocycles. The monoisotopic (exact) mass is 190 g/mol. The Morgan fingerprint density at radius 2 is 2.08 bits per heavy atom. The number of rotatable bonds is 7. The maximum atomic E-state index is 10.4.